The highest BCUT2D eigenvalue weighted by Gasteiger charge is 2.29. The maximum absolute atomic E-state index is 13.1. The molecular weight excluding hydrogens is 324 g/mol. The number of fused-ring (bicyclic) bond motifs is 1. The van der Waals surface area contributed by atoms with Crippen LogP contribution in [0.15, 0.2) is 30.3 Å². The highest BCUT2D eigenvalue weighted by Crippen LogP contribution is 2.26. The van der Waals surface area contributed by atoms with Crippen LogP contribution in [0.4, 0.5) is 5.69 Å². The zero-order chi connectivity index (χ0) is 18.1. The monoisotopic (exact) mass is 352 g/mol. The molecule has 1 aromatic carbocycles. The van der Waals surface area contributed by atoms with E-state index in [4.69, 9.17) is 0 Å². The first kappa shape index (κ1) is 17.1. The van der Waals surface area contributed by atoms with Gasteiger partial charge in [0.25, 0.3) is 5.91 Å². The van der Waals surface area contributed by atoms with Gasteiger partial charge in [-0.25, -0.2) is 0 Å². The normalized spacial score (nSPS) is 19.5. The highest BCUT2D eigenvalue weighted by molar-refractivity contribution is 5.94. The van der Waals surface area contributed by atoms with Crippen molar-refractivity contribution in [2.45, 2.75) is 32.1 Å². The first-order valence-corrected chi connectivity index (χ1v) is 9.73. The number of rotatable bonds is 4. The molecule has 1 aromatic heterocycles. The van der Waals surface area contributed by atoms with Crippen LogP contribution in [-0.2, 0) is 19.9 Å². The smallest absolute Gasteiger partial charge is 0.272 e. The van der Waals surface area contributed by atoms with Crippen LogP contribution in [0.25, 0.3) is 0 Å². The Kier molecular flexibility index (Phi) is 4.70. The van der Waals surface area contributed by atoms with Crippen molar-refractivity contribution in [3.63, 3.8) is 0 Å². The number of aromatic nitrogens is 2. The van der Waals surface area contributed by atoms with E-state index in [-0.39, 0.29) is 5.91 Å². The summed E-state index contributed by atoms with van der Waals surface area (Å²) >= 11 is 0. The van der Waals surface area contributed by atoms with E-state index >= 15 is 0 Å². The molecule has 1 atom stereocenters. The molecule has 2 aliphatic rings. The molecule has 1 unspecified atom stereocenters. The predicted octanol–water partition coefficient (Wildman–Crippen LogP) is 2.90. The van der Waals surface area contributed by atoms with Crippen molar-refractivity contribution >= 4 is 11.6 Å². The van der Waals surface area contributed by atoms with Gasteiger partial charge in [0.15, 0.2) is 0 Å². The van der Waals surface area contributed by atoms with Crippen LogP contribution in [-0.4, -0.2) is 47.3 Å². The van der Waals surface area contributed by atoms with Gasteiger partial charge < -0.3 is 9.80 Å². The molecule has 1 aliphatic heterocycles. The number of benzene rings is 1. The van der Waals surface area contributed by atoms with Gasteiger partial charge in [0.1, 0.15) is 5.69 Å². The van der Waals surface area contributed by atoms with Crippen LogP contribution in [0, 0.1) is 5.92 Å². The lowest BCUT2D eigenvalue weighted by molar-refractivity contribution is 0.0764. The minimum Gasteiger partial charge on any atom is -0.371 e. The summed E-state index contributed by atoms with van der Waals surface area (Å²) in [7, 11) is 3.85. The van der Waals surface area contributed by atoms with Gasteiger partial charge in [-0.05, 0) is 50.2 Å². The van der Waals surface area contributed by atoms with Crippen LogP contribution in [0.5, 0.6) is 0 Å². The molecule has 26 heavy (non-hydrogen) atoms. The summed E-state index contributed by atoms with van der Waals surface area (Å²) in [5.74, 6) is 0.648. The third-order valence-corrected chi connectivity index (χ3v) is 5.81. The summed E-state index contributed by atoms with van der Waals surface area (Å²) in [6.45, 7) is 2.89. The van der Waals surface area contributed by atoms with Gasteiger partial charge in [0, 0.05) is 45.0 Å². The molecule has 138 valence electrons. The van der Waals surface area contributed by atoms with Gasteiger partial charge in [-0.2, -0.15) is 5.10 Å². The zero-order valence-corrected chi connectivity index (χ0v) is 15.8. The second-order valence-electron chi connectivity index (χ2n) is 7.73. The number of amides is 1. The summed E-state index contributed by atoms with van der Waals surface area (Å²) < 4.78 is 1.81. The number of anilines is 1. The molecule has 2 heterocycles. The molecule has 1 amide bonds. The van der Waals surface area contributed by atoms with Crippen LogP contribution < -0.4 is 4.90 Å². The van der Waals surface area contributed by atoms with Crippen molar-refractivity contribution in [2.24, 2.45) is 13.0 Å². The topological polar surface area (TPSA) is 41.4 Å². The zero-order valence-electron chi connectivity index (χ0n) is 15.8. The van der Waals surface area contributed by atoms with Gasteiger partial charge in [-0.15, -0.1) is 0 Å². The average molecular weight is 352 g/mol. The summed E-state index contributed by atoms with van der Waals surface area (Å²) in [6.07, 6.45) is 5.48. The SMILES string of the molecule is CN(CC1CCN(c2ccccc2)C1)C(=O)c1c2c(nn1C)CCCC2. The molecule has 1 saturated heterocycles. The maximum Gasteiger partial charge on any atom is 0.272 e. The maximum atomic E-state index is 13.1. The number of hydrogen-bond acceptors (Lipinski definition) is 3. The second kappa shape index (κ2) is 7.14. The highest BCUT2D eigenvalue weighted by atomic mass is 16.2. The average Bonchev–Trinajstić information content (AvgIpc) is 3.25. The number of carbonyl (C=O) groups is 1. The Bertz CT molecular complexity index is 783. The van der Waals surface area contributed by atoms with Crippen LogP contribution in [0.1, 0.15) is 41.0 Å². The molecule has 0 N–H and O–H groups in total. The fourth-order valence-electron chi connectivity index (χ4n) is 4.45. The standard InChI is InChI=1S/C21H28N4O/c1-23(14-16-12-13-25(15-16)17-8-4-3-5-9-17)21(26)20-18-10-6-7-11-19(18)22-24(20)2/h3-5,8-9,16H,6-7,10-15H2,1-2H3. The van der Waals surface area contributed by atoms with Gasteiger partial charge in [0.2, 0.25) is 0 Å². The Morgan fingerprint density at radius 3 is 2.81 bits per heavy atom. The summed E-state index contributed by atoms with van der Waals surface area (Å²) in [6, 6.07) is 10.6. The lowest BCUT2D eigenvalue weighted by Crippen LogP contribution is -2.34. The molecule has 1 fully saturated rings. The van der Waals surface area contributed by atoms with Gasteiger partial charge in [-0.3, -0.25) is 9.48 Å². The Morgan fingerprint density at radius 2 is 2.00 bits per heavy atom. The molecule has 0 spiro atoms. The number of aryl methyl sites for hydroxylation is 2. The summed E-state index contributed by atoms with van der Waals surface area (Å²) in [4.78, 5) is 17.4. The van der Waals surface area contributed by atoms with E-state index < -0.39 is 0 Å². The molecular formula is C21H28N4O. The van der Waals surface area contributed by atoms with Crippen LogP contribution in [0.2, 0.25) is 0 Å². The first-order valence-electron chi connectivity index (χ1n) is 9.73. The third kappa shape index (κ3) is 3.22. The van der Waals surface area contributed by atoms with E-state index in [2.05, 4.69) is 40.3 Å². The minimum atomic E-state index is 0.126. The molecule has 0 saturated carbocycles. The number of carbonyl (C=O) groups excluding carboxylic acids is 1. The van der Waals surface area contributed by atoms with Gasteiger partial charge in [0.05, 0.1) is 5.69 Å². The lowest BCUT2D eigenvalue weighted by Gasteiger charge is -2.23. The van der Waals surface area contributed by atoms with Crippen LogP contribution >= 0.6 is 0 Å². The van der Waals surface area contributed by atoms with E-state index in [1.807, 2.05) is 19.0 Å². The number of para-hydroxylation sites is 1. The number of nitrogens with zero attached hydrogens (tertiary/aromatic N) is 4. The third-order valence-electron chi connectivity index (χ3n) is 5.81. The molecule has 0 radical (unpaired) electrons. The van der Waals surface area contributed by atoms with E-state index in [9.17, 15) is 4.79 Å². The van der Waals surface area contributed by atoms with E-state index in [0.717, 1.165) is 56.7 Å². The second-order valence-corrected chi connectivity index (χ2v) is 7.73. The quantitative estimate of drug-likeness (QED) is 0.850. The molecule has 5 heteroatoms. The van der Waals surface area contributed by atoms with Crippen molar-refractivity contribution in [3.8, 4) is 0 Å². The molecule has 4 rings (SSSR count). The molecule has 2 aromatic rings. The fraction of sp³-hybridized carbons (Fsp3) is 0.524. The van der Waals surface area contributed by atoms with Crippen molar-refractivity contribution in [1.29, 1.82) is 0 Å². The van der Waals surface area contributed by atoms with Crippen LogP contribution in [0.3, 0.4) is 0 Å². The molecule has 0 bridgehead atoms. The minimum absolute atomic E-state index is 0.126. The Hall–Kier alpha value is -2.30. The lowest BCUT2D eigenvalue weighted by atomic mass is 9.95. The Labute approximate surface area is 155 Å². The van der Waals surface area contributed by atoms with E-state index in [1.165, 1.54) is 17.7 Å². The summed E-state index contributed by atoms with van der Waals surface area (Å²) in [5, 5.41) is 4.60. The van der Waals surface area contributed by atoms with Crippen molar-refractivity contribution in [3.05, 3.63) is 47.3 Å². The largest absolute Gasteiger partial charge is 0.371 e. The van der Waals surface area contributed by atoms with E-state index in [1.54, 1.807) is 4.68 Å². The first-order chi connectivity index (χ1) is 12.6. The van der Waals surface area contributed by atoms with Crippen molar-refractivity contribution < 1.29 is 4.79 Å². The Morgan fingerprint density at radius 1 is 1.23 bits per heavy atom. The molecule has 5 nitrogen and oxygen atoms in total. The van der Waals surface area contributed by atoms with Gasteiger partial charge in [-0.1, -0.05) is 18.2 Å². The van der Waals surface area contributed by atoms with Crippen molar-refractivity contribution in [2.75, 3.05) is 31.6 Å². The van der Waals surface area contributed by atoms with Crippen molar-refractivity contribution in [1.82, 2.24) is 14.7 Å². The number of hydrogen-bond donors (Lipinski definition) is 0. The Balaban J connectivity index is 1.42. The fourth-order valence-corrected chi connectivity index (χ4v) is 4.45. The van der Waals surface area contributed by atoms with E-state index in [0.29, 0.717) is 5.92 Å². The molecule has 1 aliphatic carbocycles. The summed E-state index contributed by atoms with van der Waals surface area (Å²) in [5.41, 5.74) is 4.41. The predicted molar refractivity (Wildman–Crippen MR) is 104 cm³/mol. The van der Waals surface area contributed by atoms with Gasteiger partial charge >= 0.3 is 0 Å².